The molecule has 166 valence electrons. The van der Waals surface area contributed by atoms with E-state index in [-0.39, 0.29) is 5.91 Å². The molecule has 0 saturated carbocycles. The molecule has 0 aliphatic heterocycles. The molecule has 0 fully saturated rings. The minimum atomic E-state index is -0.227. The predicted octanol–water partition coefficient (Wildman–Crippen LogP) is 6.91. The first-order valence-corrected chi connectivity index (χ1v) is 12.3. The van der Waals surface area contributed by atoms with Crippen molar-refractivity contribution in [1.29, 1.82) is 0 Å². The molecule has 4 aromatic rings. The van der Waals surface area contributed by atoms with Crippen molar-refractivity contribution in [2.75, 3.05) is 0 Å². The van der Waals surface area contributed by atoms with Gasteiger partial charge in [0, 0.05) is 43.3 Å². The van der Waals surface area contributed by atoms with E-state index < -0.39 is 0 Å². The Morgan fingerprint density at radius 2 is 1.70 bits per heavy atom. The molecule has 33 heavy (non-hydrogen) atoms. The monoisotopic (exact) mass is 517 g/mol. The van der Waals surface area contributed by atoms with Gasteiger partial charge in [-0.25, -0.2) is 5.43 Å². The molecular formula is C27H24BrN3OS. The number of rotatable bonds is 7. The topological polar surface area (TPSA) is 46.4 Å². The highest BCUT2D eigenvalue weighted by molar-refractivity contribution is 9.10. The lowest BCUT2D eigenvalue weighted by atomic mass is 10.1. The van der Waals surface area contributed by atoms with Gasteiger partial charge in [0.1, 0.15) is 0 Å². The van der Waals surface area contributed by atoms with E-state index in [0.717, 1.165) is 32.9 Å². The maximum absolute atomic E-state index is 12.5. The van der Waals surface area contributed by atoms with Crippen molar-refractivity contribution in [3.8, 4) is 5.69 Å². The van der Waals surface area contributed by atoms with Crippen LogP contribution < -0.4 is 5.43 Å². The number of amides is 1. The number of benzene rings is 3. The fourth-order valence-corrected chi connectivity index (χ4v) is 4.71. The smallest absolute Gasteiger partial charge is 0.271 e. The fraction of sp³-hybridized carbons (Fsp3) is 0.111. The Hall–Kier alpha value is -3.09. The number of hydrazone groups is 1. The van der Waals surface area contributed by atoms with Crippen molar-refractivity contribution in [3.63, 3.8) is 0 Å². The summed E-state index contributed by atoms with van der Waals surface area (Å²) in [5.74, 6) is 0.633. The average Bonchev–Trinajstić information content (AvgIpc) is 3.12. The molecule has 0 atom stereocenters. The summed E-state index contributed by atoms with van der Waals surface area (Å²) >= 11 is 5.25. The number of carbonyl (C=O) groups is 1. The number of nitrogens with zero attached hydrogens (tertiary/aromatic N) is 2. The average molecular weight is 518 g/mol. The van der Waals surface area contributed by atoms with E-state index in [0.29, 0.717) is 5.56 Å². The van der Waals surface area contributed by atoms with E-state index in [9.17, 15) is 4.79 Å². The van der Waals surface area contributed by atoms with Gasteiger partial charge in [-0.3, -0.25) is 4.79 Å². The molecule has 1 heterocycles. The van der Waals surface area contributed by atoms with E-state index in [2.05, 4.69) is 68.3 Å². The third-order valence-corrected chi connectivity index (χ3v) is 6.90. The number of hydrogen-bond donors (Lipinski definition) is 1. The fourth-order valence-electron chi connectivity index (χ4n) is 3.57. The molecule has 0 aliphatic carbocycles. The van der Waals surface area contributed by atoms with Gasteiger partial charge in [0.05, 0.1) is 6.21 Å². The number of aryl methyl sites for hydroxylation is 1. The quantitative estimate of drug-likeness (QED) is 0.164. The molecule has 0 aliphatic rings. The Morgan fingerprint density at radius 1 is 1.00 bits per heavy atom. The zero-order valence-corrected chi connectivity index (χ0v) is 20.9. The first-order valence-electron chi connectivity index (χ1n) is 10.6. The lowest BCUT2D eigenvalue weighted by Crippen LogP contribution is -2.17. The number of halogens is 1. The molecule has 3 aromatic carbocycles. The van der Waals surface area contributed by atoms with Crippen LogP contribution in [0, 0.1) is 13.8 Å². The van der Waals surface area contributed by atoms with Gasteiger partial charge < -0.3 is 4.57 Å². The van der Waals surface area contributed by atoms with Gasteiger partial charge in [-0.1, -0.05) is 46.3 Å². The SMILES string of the molecule is Cc1cc(/C=N/NC(=O)c2ccc(CSc3ccccc3)cc2)c(C)n1-c1ccc(Br)cc1. The Labute approximate surface area is 206 Å². The predicted molar refractivity (Wildman–Crippen MR) is 140 cm³/mol. The molecule has 4 nitrogen and oxygen atoms in total. The maximum Gasteiger partial charge on any atom is 0.271 e. The van der Waals surface area contributed by atoms with Crippen molar-refractivity contribution in [3.05, 3.63) is 117 Å². The van der Waals surface area contributed by atoms with Crippen LogP contribution in [0.2, 0.25) is 0 Å². The summed E-state index contributed by atoms with van der Waals surface area (Å²) < 4.78 is 3.21. The molecule has 0 saturated heterocycles. The third kappa shape index (κ3) is 5.83. The van der Waals surface area contributed by atoms with Crippen molar-refractivity contribution in [2.24, 2.45) is 5.10 Å². The van der Waals surface area contributed by atoms with Crippen LogP contribution in [-0.2, 0) is 5.75 Å². The molecule has 1 amide bonds. The maximum atomic E-state index is 12.5. The molecular weight excluding hydrogens is 494 g/mol. The Morgan fingerprint density at radius 3 is 2.39 bits per heavy atom. The van der Waals surface area contributed by atoms with Crippen LogP contribution >= 0.6 is 27.7 Å². The molecule has 1 aromatic heterocycles. The zero-order valence-electron chi connectivity index (χ0n) is 18.5. The molecule has 0 radical (unpaired) electrons. The van der Waals surface area contributed by atoms with Crippen LogP contribution in [0.15, 0.2) is 99.4 Å². The second-order valence-corrected chi connectivity index (χ2v) is 9.60. The Kier molecular flexibility index (Phi) is 7.47. The molecule has 1 N–H and O–H groups in total. The summed E-state index contributed by atoms with van der Waals surface area (Å²) in [6.07, 6.45) is 1.69. The van der Waals surface area contributed by atoms with Gasteiger partial charge in [0.15, 0.2) is 0 Å². The normalized spacial score (nSPS) is 11.1. The highest BCUT2D eigenvalue weighted by Gasteiger charge is 2.10. The van der Waals surface area contributed by atoms with E-state index >= 15 is 0 Å². The van der Waals surface area contributed by atoms with Crippen LogP contribution in [-0.4, -0.2) is 16.7 Å². The minimum absolute atomic E-state index is 0.227. The molecule has 0 bridgehead atoms. The van der Waals surface area contributed by atoms with Crippen LogP contribution in [0.1, 0.15) is 32.9 Å². The third-order valence-electron chi connectivity index (χ3n) is 5.29. The summed E-state index contributed by atoms with van der Waals surface area (Å²) in [4.78, 5) is 13.7. The highest BCUT2D eigenvalue weighted by atomic mass is 79.9. The lowest BCUT2D eigenvalue weighted by molar-refractivity contribution is 0.0955. The summed E-state index contributed by atoms with van der Waals surface area (Å²) in [5, 5.41) is 4.19. The Bertz CT molecular complexity index is 1260. The van der Waals surface area contributed by atoms with E-state index in [1.807, 2.05) is 61.5 Å². The number of nitrogens with one attached hydrogen (secondary N) is 1. The summed E-state index contributed by atoms with van der Waals surface area (Å²) in [5.41, 5.74) is 8.61. The van der Waals surface area contributed by atoms with Gasteiger partial charge in [0.25, 0.3) is 5.91 Å². The largest absolute Gasteiger partial charge is 0.318 e. The van der Waals surface area contributed by atoms with Crippen LogP contribution in [0.5, 0.6) is 0 Å². The van der Waals surface area contributed by atoms with Crippen molar-refractivity contribution in [2.45, 2.75) is 24.5 Å². The van der Waals surface area contributed by atoms with Gasteiger partial charge in [-0.05, 0) is 74.0 Å². The summed E-state index contributed by atoms with van der Waals surface area (Å²) in [6.45, 7) is 4.10. The van der Waals surface area contributed by atoms with E-state index in [1.165, 1.54) is 10.5 Å². The molecule has 6 heteroatoms. The number of carbonyl (C=O) groups excluding carboxylic acids is 1. The summed E-state index contributed by atoms with van der Waals surface area (Å²) in [7, 11) is 0. The highest BCUT2D eigenvalue weighted by Crippen LogP contribution is 2.23. The molecule has 4 rings (SSSR count). The Balaban J connectivity index is 1.37. The number of thioether (sulfide) groups is 1. The second kappa shape index (κ2) is 10.7. The van der Waals surface area contributed by atoms with Crippen molar-refractivity contribution in [1.82, 2.24) is 9.99 Å². The molecule has 0 spiro atoms. The lowest BCUT2D eigenvalue weighted by Gasteiger charge is -2.09. The number of hydrogen-bond acceptors (Lipinski definition) is 3. The zero-order chi connectivity index (χ0) is 23.2. The van der Waals surface area contributed by atoms with Gasteiger partial charge in [0.2, 0.25) is 0 Å². The minimum Gasteiger partial charge on any atom is -0.318 e. The van der Waals surface area contributed by atoms with E-state index in [1.54, 1.807) is 18.0 Å². The van der Waals surface area contributed by atoms with Gasteiger partial charge >= 0.3 is 0 Å². The van der Waals surface area contributed by atoms with E-state index in [4.69, 9.17) is 0 Å². The summed E-state index contributed by atoms with van der Waals surface area (Å²) in [6, 6.07) is 28.2. The van der Waals surface area contributed by atoms with Crippen LogP contribution in [0.4, 0.5) is 0 Å². The first kappa shape index (κ1) is 23.1. The standard InChI is InChI=1S/C27H24BrN3OS/c1-19-16-23(20(2)31(19)25-14-12-24(28)13-15-25)17-29-30-27(32)22-10-8-21(9-11-22)18-33-26-6-4-3-5-7-26/h3-17H,18H2,1-2H3,(H,30,32)/b29-17+. The van der Waals surface area contributed by atoms with Crippen molar-refractivity contribution >= 4 is 39.8 Å². The first-order chi connectivity index (χ1) is 16.0. The number of aromatic nitrogens is 1. The van der Waals surface area contributed by atoms with Crippen LogP contribution in [0.3, 0.4) is 0 Å². The second-order valence-electron chi connectivity index (χ2n) is 7.64. The van der Waals surface area contributed by atoms with Gasteiger partial charge in [-0.15, -0.1) is 11.8 Å². The van der Waals surface area contributed by atoms with Crippen molar-refractivity contribution < 1.29 is 4.79 Å². The van der Waals surface area contributed by atoms with Gasteiger partial charge in [-0.2, -0.15) is 5.10 Å². The molecule has 0 unspecified atom stereocenters. The van der Waals surface area contributed by atoms with Crippen LogP contribution in [0.25, 0.3) is 5.69 Å².